The summed E-state index contributed by atoms with van der Waals surface area (Å²) >= 11 is 0. The normalized spacial score (nSPS) is 10.4. The molecule has 0 atom stereocenters. The van der Waals surface area contributed by atoms with Crippen molar-refractivity contribution < 1.29 is 9.18 Å². The van der Waals surface area contributed by atoms with Crippen molar-refractivity contribution in [3.05, 3.63) is 58.9 Å². The number of amides is 1. The fourth-order valence-electron chi connectivity index (χ4n) is 2.39. The molecular weight excluding hydrogens is 279 g/mol. The zero-order valence-electron chi connectivity index (χ0n) is 13.2. The van der Waals surface area contributed by atoms with Crippen LogP contribution in [0.25, 0.3) is 0 Å². The first-order valence-electron chi connectivity index (χ1n) is 7.39. The predicted molar refractivity (Wildman–Crippen MR) is 88.8 cm³/mol. The second kappa shape index (κ2) is 7.07. The Bertz CT molecular complexity index is 683. The Morgan fingerprint density at radius 3 is 2.59 bits per heavy atom. The van der Waals surface area contributed by atoms with Crippen molar-refractivity contribution in [1.82, 2.24) is 0 Å². The maximum atomic E-state index is 13.1. The number of anilines is 2. The Kier molecular flexibility index (Phi) is 5.15. The second-order valence-corrected chi connectivity index (χ2v) is 5.32. The molecule has 0 radical (unpaired) electrons. The van der Waals surface area contributed by atoms with Crippen LogP contribution in [0.1, 0.15) is 23.6 Å². The average molecular weight is 300 g/mol. The van der Waals surface area contributed by atoms with Crippen LogP contribution in [0.3, 0.4) is 0 Å². The molecule has 2 N–H and O–H groups in total. The minimum absolute atomic E-state index is 0.118. The van der Waals surface area contributed by atoms with Crippen molar-refractivity contribution in [1.29, 1.82) is 0 Å². The maximum Gasteiger partial charge on any atom is 0.243 e. The van der Waals surface area contributed by atoms with Gasteiger partial charge in [0.25, 0.3) is 0 Å². The lowest BCUT2D eigenvalue weighted by molar-refractivity contribution is -0.114. The van der Waals surface area contributed by atoms with Gasteiger partial charge in [0.05, 0.1) is 6.54 Å². The summed E-state index contributed by atoms with van der Waals surface area (Å²) in [6.07, 6.45) is 0.863. The molecule has 0 fully saturated rings. The molecule has 4 heteroatoms. The van der Waals surface area contributed by atoms with Crippen molar-refractivity contribution in [2.24, 2.45) is 0 Å². The molecule has 0 saturated carbocycles. The van der Waals surface area contributed by atoms with Crippen LogP contribution in [0.2, 0.25) is 0 Å². The number of rotatable bonds is 5. The van der Waals surface area contributed by atoms with Crippen LogP contribution in [0, 0.1) is 19.7 Å². The lowest BCUT2D eigenvalue weighted by Crippen LogP contribution is -2.23. The van der Waals surface area contributed by atoms with Crippen LogP contribution >= 0.6 is 0 Å². The van der Waals surface area contributed by atoms with Gasteiger partial charge in [-0.25, -0.2) is 4.39 Å². The van der Waals surface area contributed by atoms with Gasteiger partial charge in [-0.1, -0.05) is 25.1 Å². The molecule has 0 unspecified atom stereocenters. The highest BCUT2D eigenvalue weighted by molar-refractivity contribution is 5.95. The largest absolute Gasteiger partial charge is 0.376 e. The van der Waals surface area contributed by atoms with Gasteiger partial charge in [0, 0.05) is 11.4 Å². The fourth-order valence-corrected chi connectivity index (χ4v) is 2.39. The molecule has 0 saturated heterocycles. The number of hydrogen-bond donors (Lipinski definition) is 2. The van der Waals surface area contributed by atoms with E-state index in [1.807, 2.05) is 25.1 Å². The number of carbonyl (C=O) groups is 1. The van der Waals surface area contributed by atoms with Crippen molar-refractivity contribution in [3.63, 3.8) is 0 Å². The van der Waals surface area contributed by atoms with E-state index in [0.717, 1.165) is 34.5 Å². The summed E-state index contributed by atoms with van der Waals surface area (Å²) in [7, 11) is 0. The van der Waals surface area contributed by atoms with Gasteiger partial charge in [0.15, 0.2) is 0 Å². The van der Waals surface area contributed by atoms with Gasteiger partial charge in [0.1, 0.15) is 5.82 Å². The van der Waals surface area contributed by atoms with Gasteiger partial charge in [-0.3, -0.25) is 4.79 Å². The molecule has 2 aromatic rings. The molecule has 0 aliphatic carbocycles. The zero-order chi connectivity index (χ0) is 16.1. The van der Waals surface area contributed by atoms with Crippen molar-refractivity contribution >= 4 is 17.3 Å². The molecule has 3 nitrogen and oxygen atoms in total. The molecule has 22 heavy (non-hydrogen) atoms. The monoisotopic (exact) mass is 300 g/mol. The summed E-state index contributed by atoms with van der Waals surface area (Å²) in [5.41, 5.74) is 4.58. The molecular formula is C18H21FN2O. The molecule has 1 amide bonds. The zero-order valence-corrected chi connectivity index (χ0v) is 13.2. The number of hydrogen-bond acceptors (Lipinski definition) is 2. The smallest absolute Gasteiger partial charge is 0.243 e. The summed E-state index contributed by atoms with van der Waals surface area (Å²) < 4.78 is 13.1. The van der Waals surface area contributed by atoms with Crippen LogP contribution in [0.5, 0.6) is 0 Å². The SMILES string of the molecule is CCc1cccc(C)c1NC(=O)CNc1ccc(F)cc1C. The number of benzene rings is 2. The number of para-hydroxylation sites is 1. The molecule has 2 rings (SSSR count). The summed E-state index contributed by atoms with van der Waals surface area (Å²) in [6, 6.07) is 10.4. The summed E-state index contributed by atoms with van der Waals surface area (Å²) in [5, 5.41) is 5.99. The average Bonchev–Trinajstić information content (AvgIpc) is 2.48. The lowest BCUT2D eigenvalue weighted by Gasteiger charge is -2.14. The van der Waals surface area contributed by atoms with E-state index in [0.29, 0.717) is 0 Å². The first-order valence-corrected chi connectivity index (χ1v) is 7.39. The first kappa shape index (κ1) is 16.0. The highest BCUT2D eigenvalue weighted by atomic mass is 19.1. The Balaban J connectivity index is 2.02. The standard InChI is InChI=1S/C18H21FN2O/c1-4-14-7-5-6-12(2)18(14)21-17(22)11-20-16-9-8-15(19)10-13(16)3/h5-10,20H,4,11H2,1-3H3,(H,21,22). The minimum atomic E-state index is -0.278. The highest BCUT2D eigenvalue weighted by Gasteiger charge is 2.09. The molecule has 0 spiro atoms. The molecule has 116 valence electrons. The molecule has 0 aromatic heterocycles. The summed E-state index contributed by atoms with van der Waals surface area (Å²) in [4.78, 5) is 12.1. The van der Waals surface area contributed by atoms with E-state index in [-0.39, 0.29) is 18.3 Å². The van der Waals surface area contributed by atoms with E-state index in [2.05, 4.69) is 17.6 Å². The van der Waals surface area contributed by atoms with Gasteiger partial charge in [-0.15, -0.1) is 0 Å². The predicted octanol–water partition coefficient (Wildman–Crippen LogP) is 4.06. The van der Waals surface area contributed by atoms with E-state index in [4.69, 9.17) is 0 Å². The fraction of sp³-hybridized carbons (Fsp3) is 0.278. The van der Waals surface area contributed by atoms with Gasteiger partial charge >= 0.3 is 0 Å². The number of nitrogens with one attached hydrogen (secondary N) is 2. The Morgan fingerprint density at radius 2 is 1.91 bits per heavy atom. The number of halogens is 1. The van der Waals surface area contributed by atoms with Gasteiger partial charge < -0.3 is 10.6 Å². The Labute approximate surface area is 130 Å². The highest BCUT2D eigenvalue weighted by Crippen LogP contribution is 2.21. The van der Waals surface area contributed by atoms with Gasteiger partial charge in [-0.05, 0) is 55.2 Å². The van der Waals surface area contributed by atoms with Crippen LogP contribution in [0.15, 0.2) is 36.4 Å². The molecule has 2 aromatic carbocycles. The first-order chi connectivity index (χ1) is 10.5. The number of carbonyl (C=O) groups excluding carboxylic acids is 1. The van der Waals surface area contributed by atoms with E-state index in [1.165, 1.54) is 12.1 Å². The Morgan fingerprint density at radius 1 is 1.14 bits per heavy atom. The minimum Gasteiger partial charge on any atom is -0.376 e. The van der Waals surface area contributed by atoms with Crippen molar-refractivity contribution in [3.8, 4) is 0 Å². The third kappa shape index (κ3) is 3.85. The summed E-state index contributed by atoms with van der Waals surface area (Å²) in [5.74, 6) is -0.396. The van der Waals surface area contributed by atoms with E-state index in [1.54, 1.807) is 13.0 Å². The Hall–Kier alpha value is -2.36. The topological polar surface area (TPSA) is 41.1 Å². The number of aryl methyl sites for hydroxylation is 3. The van der Waals surface area contributed by atoms with Gasteiger partial charge in [0.2, 0.25) is 5.91 Å². The van der Waals surface area contributed by atoms with Crippen LogP contribution in [-0.2, 0) is 11.2 Å². The third-order valence-electron chi connectivity index (χ3n) is 3.63. The molecule has 0 bridgehead atoms. The van der Waals surface area contributed by atoms with E-state index in [9.17, 15) is 9.18 Å². The van der Waals surface area contributed by atoms with Crippen LogP contribution < -0.4 is 10.6 Å². The van der Waals surface area contributed by atoms with E-state index < -0.39 is 0 Å². The molecule has 0 aliphatic heterocycles. The van der Waals surface area contributed by atoms with Crippen molar-refractivity contribution in [2.75, 3.05) is 17.2 Å². The lowest BCUT2D eigenvalue weighted by atomic mass is 10.1. The van der Waals surface area contributed by atoms with Crippen LogP contribution in [0.4, 0.5) is 15.8 Å². The van der Waals surface area contributed by atoms with E-state index >= 15 is 0 Å². The maximum absolute atomic E-state index is 13.1. The molecule has 0 heterocycles. The third-order valence-corrected chi connectivity index (χ3v) is 3.63. The quantitative estimate of drug-likeness (QED) is 0.874. The second-order valence-electron chi connectivity index (χ2n) is 5.32. The van der Waals surface area contributed by atoms with Crippen LogP contribution in [-0.4, -0.2) is 12.5 Å². The van der Waals surface area contributed by atoms with Crippen molar-refractivity contribution in [2.45, 2.75) is 27.2 Å². The summed E-state index contributed by atoms with van der Waals surface area (Å²) in [6.45, 7) is 5.99. The van der Waals surface area contributed by atoms with Gasteiger partial charge in [-0.2, -0.15) is 0 Å². The molecule has 0 aliphatic rings.